The first-order chi connectivity index (χ1) is 27.7. The Bertz CT molecular complexity index is 2960. The maximum Gasteiger partial charge on any atom is 0.164 e. The second kappa shape index (κ2) is 12.4. The van der Waals surface area contributed by atoms with E-state index in [1.165, 1.54) is 11.1 Å². The molecule has 0 fully saturated rings. The summed E-state index contributed by atoms with van der Waals surface area (Å²) in [5, 5.41) is 11.7. The molecule has 2 heterocycles. The number of aromatic nitrogens is 3. The normalized spacial score (nSPS) is 12.9. The molecule has 8 aromatic carbocycles. The van der Waals surface area contributed by atoms with Crippen LogP contribution in [0.3, 0.4) is 0 Å². The third-order valence-corrected chi connectivity index (χ3v) is 11.2. The topological polar surface area (TPSA) is 71.7 Å². The van der Waals surface area contributed by atoms with E-state index in [2.05, 4.69) is 91.0 Å². The summed E-state index contributed by atoms with van der Waals surface area (Å²) in [4.78, 5) is 15.2. The molecule has 0 radical (unpaired) electrons. The molecule has 1 aliphatic heterocycles. The first kappa shape index (κ1) is 31.8. The Kier molecular flexibility index (Phi) is 7.07. The van der Waals surface area contributed by atoms with Gasteiger partial charge in [0, 0.05) is 27.8 Å². The number of benzene rings is 8. The highest BCUT2D eigenvalue weighted by atomic mass is 16.5. The van der Waals surface area contributed by atoms with E-state index in [-0.39, 0.29) is 0 Å². The number of nitriles is 1. The van der Waals surface area contributed by atoms with Crippen LogP contribution < -0.4 is 4.74 Å². The van der Waals surface area contributed by atoms with Gasteiger partial charge in [0.15, 0.2) is 17.5 Å². The van der Waals surface area contributed by atoms with Gasteiger partial charge in [0.25, 0.3) is 0 Å². The molecule has 260 valence electrons. The quantitative estimate of drug-likeness (QED) is 0.181. The minimum absolute atomic E-state index is 0.609. The van der Waals surface area contributed by atoms with Gasteiger partial charge in [-0.3, -0.25) is 0 Å². The molecule has 1 aromatic heterocycles. The predicted octanol–water partition coefficient (Wildman–Crippen LogP) is 12.0. The van der Waals surface area contributed by atoms with E-state index < -0.39 is 5.41 Å². The lowest BCUT2D eigenvalue weighted by Crippen LogP contribution is -2.32. The van der Waals surface area contributed by atoms with Gasteiger partial charge in [-0.25, -0.2) is 15.0 Å². The molecule has 1 aliphatic carbocycles. The van der Waals surface area contributed by atoms with Crippen molar-refractivity contribution in [2.75, 3.05) is 0 Å². The highest BCUT2D eigenvalue weighted by molar-refractivity contribution is 5.98. The Labute approximate surface area is 323 Å². The lowest BCUT2D eigenvalue weighted by molar-refractivity contribution is 0.436. The lowest BCUT2D eigenvalue weighted by atomic mass is 9.65. The van der Waals surface area contributed by atoms with Crippen molar-refractivity contribution in [3.63, 3.8) is 0 Å². The maximum absolute atomic E-state index is 9.40. The van der Waals surface area contributed by atoms with E-state index in [4.69, 9.17) is 19.7 Å². The minimum Gasteiger partial charge on any atom is -0.457 e. The molecule has 0 saturated heterocycles. The third kappa shape index (κ3) is 4.83. The van der Waals surface area contributed by atoms with Crippen LogP contribution in [0.25, 0.3) is 67.2 Å². The molecular formula is C51H30N4O. The van der Waals surface area contributed by atoms with Crippen molar-refractivity contribution in [2.45, 2.75) is 5.41 Å². The monoisotopic (exact) mass is 714 g/mol. The van der Waals surface area contributed by atoms with Crippen LogP contribution in [0, 0.1) is 11.3 Å². The molecule has 5 heteroatoms. The van der Waals surface area contributed by atoms with Crippen molar-refractivity contribution in [2.24, 2.45) is 0 Å². The van der Waals surface area contributed by atoms with Gasteiger partial charge < -0.3 is 4.74 Å². The number of rotatable bonds is 4. The van der Waals surface area contributed by atoms with E-state index in [9.17, 15) is 5.26 Å². The average Bonchev–Trinajstić information content (AvgIpc) is 3.54. The molecule has 5 nitrogen and oxygen atoms in total. The van der Waals surface area contributed by atoms with Gasteiger partial charge in [-0.2, -0.15) is 5.26 Å². The van der Waals surface area contributed by atoms with Crippen LogP contribution in [0.2, 0.25) is 0 Å². The molecule has 0 unspecified atom stereocenters. The molecule has 0 N–H and O–H groups in total. The van der Waals surface area contributed by atoms with Gasteiger partial charge in [0.2, 0.25) is 0 Å². The van der Waals surface area contributed by atoms with Gasteiger partial charge in [-0.1, -0.05) is 133 Å². The fraction of sp³-hybridized carbons (Fsp3) is 0.0196. The van der Waals surface area contributed by atoms with Crippen molar-refractivity contribution in [1.29, 1.82) is 5.26 Å². The number of fused-ring (bicyclic) bond motifs is 10. The highest BCUT2D eigenvalue weighted by Gasteiger charge is 2.51. The van der Waals surface area contributed by atoms with Gasteiger partial charge in [0.05, 0.1) is 17.0 Å². The van der Waals surface area contributed by atoms with Gasteiger partial charge >= 0.3 is 0 Å². The fourth-order valence-corrected chi connectivity index (χ4v) is 8.63. The number of para-hydroxylation sites is 2. The zero-order valence-electron chi connectivity index (χ0n) is 30.0. The Morgan fingerprint density at radius 2 is 0.929 bits per heavy atom. The number of nitrogens with zero attached hydrogens (tertiary/aromatic N) is 4. The maximum atomic E-state index is 9.40. The second-order valence-corrected chi connectivity index (χ2v) is 14.3. The Balaban J connectivity index is 1.18. The van der Waals surface area contributed by atoms with Gasteiger partial charge in [-0.15, -0.1) is 0 Å². The van der Waals surface area contributed by atoms with Crippen LogP contribution in [0.15, 0.2) is 182 Å². The van der Waals surface area contributed by atoms with Crippen molar-refractivity contribution < 1.29 is 4.74 Å². The molecule has 11 rings (SSSR count). The van der Waals surface area contributed by atoms with E-state index in [0.29, 0.717) is 23.0 Å². The first-order valence-electron chi connectivity index (χ1n) is 18.7. The molecule has 0 amide bonds. The predicted molar refractivity (Wildman–Crippen MR) is 221 cm³/mol. The lowest BCUT2D eigenvalue weighted by Gasteiger charge is -2.39. The molecular weight excluding hydrogens is 685 g/mol. The minimum atomic E-state index is -0.692. The van der Waals surface area contributed by atoms with Crippen LogP contribution in [0.1, 0.15) is 27.8 Å². The summed E-state index contributed by atoms with van der Waals surface area (Å²) in [5.41, 5.74) is 11.7. The third-order valence-electron chi connectivity index (χ3n) is 11.2. The molecule has 2 aliphatic rings. The standard InChI is InChI=1S/C51H30N4O/c52-31-32-19-21-33(22-20-32)36-23-24-37-28-41-40-26-25-38(50-54-48(34-11-3-1-4-12-34)53-49(55-50)35-13-5-2-6-14-35)29-44(40)51(45(41)30-39(37)27-36)42-15-7-9-17-46(42)56-47-18-10-8-16-43(47)51/h1-30H. The second-order valence-electron chi connectivity index (χ2n) is 14.3. The molecule has 9 aromatic rings. The van der Waals surface area contributed by atoms with Crippen molar-refractivity contribution in [3.8, 4) is 74.0 Å². The van der Waals surface area contributed by atoms with Gasteiger partial charge in [-0.05, 0) is 92.7 Å². The van der Waals surface area contributed by atoms with Crippen molar-refractivity contribution in [3.05, 3.63) is 210 Å². The summed E-state index contributed by atoms with van der Waals surface area (Å²) in [5.74, 6) is 3.52. The van der Waals surface area contributed by atoms with E-state index in [1.54, 1.807) is 0 Å². The van der Waals surface area contributed by atoms with E-state index in [0.717, 1.165) is 72.3 Å². The zero-order chi connectivity index (χ0) is 37.2. The van der Waals surface area contributed by atoms with Crippen LogP contribution in [-0.2, 0) is 5.41 Å². The summed E-state index contributed by atoms with van der Waals surface area (Å²) in [6.45, 7) is 0. The molecule has 1 spiro atoms. The number of ether oxygens (including phenoxy) is 1. The van der Waals surface area contributed by atoms with Crippen molar-refractivity contribution in [1.82, 2.24) is 15.0 Å². The summed E-state index contributed by atoms with van der Waals surface area (Å²) in [6, 6.07) is 65.1. The van der Waals surface area contributed by atoms with Crippen molar-refractivity contribution >= 4 is 10.8 Å². The Morgan fingerprint density at radius 1 is 0.393 bits per heavy atom. The molecule has 0 saturated carbocycles. The zero-order valence-corrected chi connectivity index (χ0v) is 30.0. The summed E-state index contributed by atoms with van der Waals surface area (Å²) in [6.07, 6.45) is 0. The molecule has 56 heavy (non-hydrogen) atoms. The van der Waals surface area contributed by atoms with E-state index >= 15 is 0 Å². The average molecular weight is 715 g/mol. The van der Waals surface area contributed by atoms with Crippen LogP contribution in [0.4, 0.5) is 0 Å². The smallest absolute Gasteiger partial charge is 0.164 e. The highest BCUT2D eigenvalue weighted by Crippen LogP contribution is 2.63. The molecule has 0 atom stereocenters. The van der Waals surface area contributed by atoms with E-state index in [1.807, 2.05) is 97.1 Å². The number of hydrogen-bond acceptors (Lipinski definition) is 5. The number of hydrogen-bond donors (Lipinski definition) is 0. The van der Waals surface area contributed by atoms with Gasteiger partial charge in [0.1, 0.15) is 11.5 Å². The summed E-state index contributed by atoms with van der Waals surface area (Å²) >= 11 is 0. The molecule has 0 bridgehead atoms. The SMILES string of the molecule is N#Cc1ccc(-c2ccc3cc4c(cc3c2)C2(c3ccccc3Oc3ccccc32)c2cc(-c3nc(-c5ccccc5)nc(-c5ccccc5)n3)ccc2-4)cc1. The summed E-state index contributed by atoms with van der Waals surface area (Å²) < 4.78 is 6.67. The van der Waals surface area contributed by atoms with Crippen LogP contribution in [-0.4, -0.2) is 15.0 Å². The van der Waals surface area contributed by atoms with Crippen LogP contribution in [0.5, 0.6) is 11.5 Å². The van der Waals surface area contributed by atoms with Crippen LogP contribution >= 0.6 is 0 Å². The fourth-order valence-electron chi connectivity index (χ4n) is 8.63. The Morgan fingerprint density at radius 3 is 1.55 bits per heavy atom. The largest absolute Gasteiger partial charge is 0.457 e. The Hall–Kier alpha value is -7.68. The first-order valence-corrected chi connectivity index (χ1v) is 18.7. The summed E-state index contributed by atoms with van der Waals surface area (Å²) in [7, 11) is 0.